The van der Waals surface area contributed by atoms with E-state index < -0.39 is 0 Å². The average molecular weight is 893 g/mol. The minimum atomic E-state index is -0.126. The van der Waals surface area contributed by atoms with Gasteiger partial charge in [-0.1, -0.05) is 142 Å². The Labute approximate surface area is 381 Å². The topological polar surface area (TPSA) is 41.9 Å². The minimum absolute atomic E-state index is 0.126. The van der Waals surface area contributed by atoms with Gasteiger partial charge in [-0.15, -0.1) is 34.0 Å². The van der Waals surface area contributed by atoms with Gasteiger partial charge in [-0.2, -0.15) is 8.75 Å². The maximum Gasteiger partial charge on any atom is 0.132 e. The zero-order valence-electron chi connectivity index (χ0n) is 36.9. The quantitative estimate of drug-likeness (QED) is 0.0508. The Kier molecular flexibility index (Phi) is 17.4. The predicted octanol–water partition coefficient (Wildman–Crippen LogP) is 17.9. The van der Waals surface area contributed by atoms with E-state index in [0.717, 1.165) is 83.7 Å². The van der Waals surface area contributed by atoms with Crippen LogP contribution in [0.15, 0.2) is 72.9 Å². The van der Waals surface area contributed by atoms with Gasteiger partial charge in [0, 0.05) is 60.1 Å². The van der Waals surface area contributed by atoms with E-state index in [4.69, 9.17) is 13.7 Å². The van der Waals surface area contributed by atoms with Crippen LogP contribution in [0.2, 0.25) is 0 Å². The molecule has 2 aromatic carbocycles. The van der Waals surface area contributed by atoms with Gasteiger partial charge in [0.15, 0.2) is 0 Å². The van der Waals surface area contributed by atoms with Crippen molar-refractivity contribution in [3.8, 4) is 41.9 Å². The van der Waals surface area contributed by atoms with Crippen molar-refractivity contribution in [2.75, 3.05) is 18.0 Å². The molecule has 9 heteroatoms. The number of halogens is 1. The number of rotatable bonds is 26. The highest BCUT2D eigenvalue weighted by atomic mass is 32.1. The predicted molar refractivity (Wildman–Crippen MR) is 269 cm³/mol. The first-order chi connectivity index (χ1) is 30.0. The van der Waals surface area contributed by atoms with Crippen LogP contribution in [0.1, 0.15) is 142 Å². The molecule has 0 saturated heterocycles. The Morgan fingerprint density at radius 2 is 1.21 bits per heavy atom. The molecule has 0 spiro atoms. The molecule has 0 aliphatic rings. The van der Waals surface area contributed by atoms with Gasteiger partial charge in [-0.05, 0) is 85.2 Å². The second-order valence-electron chi connectivity index (χ2n) is 16.9. The molecule has 5 aromatic heterocycles. The van der Waals surface area contributed by atoms with Crippen molar-refractivity contribution < 1.29 is 4.39 Å². The molecule has 324 valence electrons. The molecular formula is C52H65FN4S4. The maximum atomic E-state index is 15.5. The number of benzene rings is 2. The molecule has 0 amide bonds. The molecule has 0 aliphatic carbocycles. The van der Waals surface area contributed by atoms with Crippen LogP contribution in [-0.4, -0.2) is 26.8 Å². The van der Waals surface area contributed by atoms with Crippen LogP contribution in [-0.2, 0) is 6.42 Å². The van der Waals surface area contributed by atoms with E-state index in [1.165, 1.54) is 131 Å². The monoisotopic (exact) mass is 892 g/mol. The number of aromatic nitrogens is 3. The highest BCUT2D eigenvalue weighted by Gasteiger charge is 2.20. The maximum absolute atomic E-state index is 15.5. The molecule has 7 aromatic rings. The van der Waals surface area contributed by atoms with Gasteiger partial charge in [0.2, 0.25) is 0 Å². The van der Waals surface area contributed by atoms with E-state index in [1.54, 1.807) is 40.1 Å². The van der Waals surface area contributed by atoms with Crippen molar-refractivity contribution in [1.29, 1.82) is 0 Å². The second kappa shape index (κ2) is 23.3. The summed E-state index contributed by atoms with van der Waals surface area (Å²) in [5.74, 6) is 0.597. The SMILES string of the molecule is CCCCCCCCN(CCCCCCCC)c1ccc(-c2ccc(-c3cnc(-c4cc5sc(-c6ccc(CCC(CC)CCCC)cc6F)cc5s4)c4nsnc34)s2)cc1. The molecule has 7 rings (SSSR count). The van der Waals surface area contributed by atoms with E-state index in [9.17, 15) is 0 Å². The van der Waals surface area contributed by atoms with E-state index in [2.05, 4.69) is 87.2 Å². The number of thiophene rings is 3. The molecule has 61 heavy (non-hydrogen) atoms. The third-order valence-electron chi connectivity index (χ3n) is 12.4. The molecule has 4 nitrogen and oxygen atoms in total. The summed E-state index contributed by atoms with van der Waals surface area (Å²) in [4.78, 5) is 12.1. The summed E-state index contributed by atoms with van der Waals surface area (Å²) in [7, 11) is 0. The lowest BCUT2D eigenvalue weighted by Gasteiger charge is -2.25. The van der Waals surface area contributed by atoms with Gasteiger partial charge >= 0.3 is 0 Å². The number of anilines is 1. The van der Waals surface area contributed by atoms with Crippen LogP contribution in [0.5, 0.6) is 0 Å². The van der Waals surface area contributed by atoms with Gasteiger partial charge in [-0.3, -0.25) is 4.98 Å². The van der Waals surface area contributed by atoms with Crippen molar-refractivity contribution >= 4 is 71.9 Å². The lowest BCUT2D eigenvalue weighted by Crippen LogP contribution is -2.25. The van der Waals surface area contributed by atoms with Crippen LogP contribution in [0.25, 0.3) is 62.3 Å². The average Bonchev–Trinajstić information content (AvgIpc) is 4.11. The smallest absolute Gasteiger partial charge is 0.132 e. The van der Waals surface area contributed by atoms with Gasteiger partial charge < -0.3 is 4.90 Å². The largest absolute Gasteiger partial charge is 0.372 e. The Hall–Kier alpha value is -3.50. The number of nitrogens with zero attached hydrogens (tertiary/aromatic N) is 4. The third-order valence-corrected chi connectivity index (χ3v) is 16.4. The van der Waals surface area contributed by atoms with Crippen molar-refractivity contribution in [3.63, 3.8) is 0 Å². The fourth-order valence-corrected chi connectivity index (χ4v) is 12.6. The molecule has 0 fully saturated rings. The first-order valence-electron chi connectivity index (χ1n) is 23.4. The molecule has 1 unspecified atom stereocenters. The Morgan fingerprint density at radius 3 is 1.90 bits per heavy atom. The Morgan fingerprint density at radius 1 is 0.574 bits per heavy atom. The van der Waals surface area contributed by atoms with Gasteiger partial charge in [0.05, 0.1) is 16.6 Å². The van der Waals surface area contributed by atoms with Crippen molar-refractivity contribution in [1.82, 2.24) is 13.7 Å². The standard InChI is InChI=1S/C52H65FN4S4/c1-5-9-12-14-16-18-31-57(32-19-17-15-13-10-6-2)40-26-24-39(25-27-40)44-29-30-45(58-44)42-36-54-51(52-50(42)55-61-56-52)49-35-48-47(60-49)34-46(59-48)41-28-23-38(33-43(41)53)22-21-37(8-4)20-11-7-3/h23-30,33-37H,5-22,31-32H2,1-4H3. The zero-order chi connectivity index (χ0) is 42.4. The normalized spacial score (nSPS) is 12.3. The molecular weight excluding hydrogens is 828 g/mol. The molecule has 1 atom stereocenters. The summed E-state index contributed by atoms with van der Waals surface area (Å²) in [6.07, 6.45) is 25.0. The van der Waals surface area contributed by atoms with Crippen LogP contribution < -0.4 is 4.90 Å². The van der Waals surface area contributed by atoms with Crippen LogP contribution >= 0.6 is 45.7 Å². The highest BCUT2D eigenvalue weighted by Crippen LogP contribution is 2.45. The molecule has 0 aliphatic heterocycles. The van der Waals surface area contributed by atoms with Gasteiger partial charge in [0.1, 0.15) is 22.5 Å². The number of pyridine rings is 1. The minimum Gasteiger partial charge on any atom is -0.372 e. The Balaban J connectivity index is 1.02. The summed E-state index contributed by atoms with van der Waals surface area (Å²) in [5.41, 5.74) is 7.99. The zero-order valence-corrected chi connectivity index (χ0v) is 40.2. The lowest BCUT2D eigenvalue weighted by molar-refractivity contribution is 0.421. The fourth-order valence-electron chi connectivity index (χ4n) is 8.56. The van der Waals surface area contributed by atoms with Crippen molar-refractivity contribution in [2.45, 2.75) is 143 Å². The van der Waals surface area contributed by atoms with Crippen LogP contribution in [0.3, 0.4) is 0 Å². The summed E-state index contributed by atoms with van der Waals surface area (Å²) in [6, 6.07) is 23.9. The number of hydrogen-bond donors (Lipinski definition) is 0. The first kappa shape index (κ1) is 45.5. The number of aryl methyl sites for hydroxylation is 1. The van der Waals surface area contributed by atoms with Gasteiger partial charge in [0.25, 0.3) is 0 Å². The number of hydrogen-bond acceptors (Lipinski definition) is 8. The van der Waals surface area contributed by atoms with E-state index in [-0.39, 0.29) is 5.82 Å². The molecule has 5 heterocycles. The molecule has 0 bridgehead atoms. The van der Waals surface area contributed by atoms with E-state index >= 15 is 4.39 Å². The van der Waals surface area contributed by atoms with Crippen molar-refractivity contribution in [3.05, 3.63) is 84.3 Å². The summed E-state index contributed by atoms with van der Waals surface area (Å²) >= 11 is 6.38. The number of fused-ring (bicyclic) bond motifs is 2. The third kappa shape index (κ3) is 12.0. The summed E-state index contributed by atoms with van der Waals surface area (Å²) in [6.45, 7) is 11.4. The second-order valence-corrected chi connectivity index (χ2v) is 20.7. The fraction of sp³-hybridized carbons (Fsp3) is 0.481. The molecule has 0 saturated carbocycles. The molecule has 0 N–H and O–H groups in total. The molecule has 0 radical (unpaired) electrons. The van der Waals surface area contributed by atoms with Gasteiger partial charge in [-0.25, -0.2) is 4.39 Å². The van der Waals surface area contributed by atoms with Crippen LogP contribution in [0, 0.1) is 11.7 Å². The Bertz CT molecular complexity index is 2340. The number of unbranched alkanes of at least 4 members (excludes halogenated alkanes) is 11. The lowest BCUT2D eigenvalue weighted by atomic mass is 9.92. The van der Waals surface area contributed by atoms with Crippen LogP contribution in [0.4, 0.5) is 10.1 Å². The van der Waals surface area contributed by atoms with E-state index in [0.29, 0.717) is 5.56 Å². The van der Waals surface area contributed by atoms with E-state index in [1.807, 2.05) is 12.3 Å². The summed E-state index contributed by atoms with van der Waals surface area (Å²) < 4.78 is 27.4. The highest BCUT2D eigenvalue weighted by molar-refractivity contribution is 7.31. The van der Waals surface area contributed by atoms with Crippen molar-refractivity contribution in [2.24, 2.45) is 5.92 Å². The summed E-state index contributed by atoms with van der Waals surface area (Å²) in [5, 5.41) is 0. The first-order valence-corrected chi connectivity index (χ1v) is 26.6.